The van der Waals surface area contributed by atoms with Crippen molar-refractivity contribution in [2.24, 2.45) is 0 Å². The van der Waals surface area contributed by atoms with E-state index >= 15 is 0 Å². The van der Waals surface area contributed by atoms with Crippen molar-refractivity contribution in [3.63, 3.8) is 0 Å². The number of methoxy groups -OCH3 is 2. The highest BCUT2D eigenvalue weighted by Crippen LogP contribution is 2.49. The number of nitrogens with zero attached hydrogens (tertiary/aromatic N) is 1. The van der Waals surface area contributed by atoms with E-state index in [-0.39, 0.29) is 19.1 Å². The first-order valence-corrected chi connectivity index (χ1v) is 8.61. The fourth-order valence-corrected chi connectivity index (χ4v) is 3.66. The van der Waals surface area contributed by atoms with Crippen LogP contribution in [0, 0.1) is 0 Å². The van der Waals surface area contributed by atoms with Gasteiger partial charge in [0, 0.05) is 0 Å². The van der Waals surface area contributed by atoms with Gasteiger partial charge in [0.1, 0.15) is 24.0 Å². The van der Waals surface area contributed by atoms with Crippen molar-refractivity contribution in [2.75, 3.05) is 34.0 Å². The van der Waals surface area contributed by atoms with Crippen molar-refractivity contribution >= 4 is 0 Å². The van der Waals surface area contributed by atoms with E-state index in [1.165, 1.54) is 0 Å². The Morgan fingerprint density at radius 1 is 0.885 bits per heavy atom. The van der Waals surface area contributed by atoms with Crippen molar-refractivity contribution in [1.82, 2.24) is 4.90 Å². The van der Waals surface area contributed by atoms with Gasteiger partial charge < -0.3 is 24.1 Å². The molecule has 0 aliphatic carbocycles. The Balaban J connectivity index is 1.67. The van der Waals surface area contributed by atoms with Crippen molar-refractivity contribution in [3.8, 4) is 11.5 Å². The van der Waals surface area contributed by atoms with Gasteiger partial charge in [-0.3, -0.25) is 0 Å². The number of benzene rings is 2. The van der Waals surface area contributed by atoms with Crippen LogP contribution in [0.3, 0.4) is 0 Å². The molecule has 2 heterocycles. The first kappa shape index (κ1) is 17.3. The van der Waals surface area contributed by atoms with Gasteiger partial charge in [-0.25, -0.2) is 4.90 Å². The zero-order valence-corrected chi connectivity index (χ0v) is 14.9. The molecule has 2 aliphatic heterocycles. The van der Waals surface area contributed by atoms with Gasteiger partial charge in [0.25, 0.3) is 0 Å². The zero-order chi connectivity index (χ0) is 18.1. The summed E-state index contributed by atoms with van der Waals surface area (Å²) in [6.45, 7) is 0.825. The smallest absolute Gasteiger partial charge is 0.139 e. The van der Waals surface area contributed by atoms with Crippen LogP contribution in [0.4, 0.5) is 0 Å². The van der Waals surface area contributed by atoms with Crippen LogP contribution >= 0.6 is 0 Å². The van der Waals surface area contributed by atoms with E-state index in [4.69, 9.17) is 18.9 Å². The summed E-state index contributed by atoms with van der Waals surface area (Å²) >= 11 is 0. The highest BCUT2D eigenvalue weighted by atomic mass is 16.6. The van der Waals surface area contributed by atoms with Crippen LogP contribution < -0.4 is 9.47 Å². The average Bonchev–Trinajstić information content (AvgIpc) is 3.26. The molecule has 138 valence electrons. The molecule has 2 fully saturated rings. The standard InChI is InChI=1S/C20H23NO5/c1-23-16-7-3-14(4-8-16)18-21-19(15-5-9-17(24-2)10-6-15)26-13-20(21,11-22)12-25-18/h3-10,18-19,22H,11-13H2,1-2H3/t18-,19?,20-/m0/s1. The highest BCUT2D eigenvalue weighted by Gasteiger charge is 2.56. The topological polar surface area (TPSA) is 60.4 Å². The zero-order valence-electron chi connectivity index (χ0n) is 14.9. The van der Waals surface area contributed by atoms with E-state index in [0.717, 1.165) is 22.6 Å². The van der Waals surface area contributed by atoms with E-state index in [0.29, 0.717) is 13.2 Å². The van der Waals surface area contributed by atoms with Crippen molar-refractivity contribution < 1.29 is 24.1 Å². The van der Waals surface area contributed by atoms with Crippen LogP contribution in [0.1, 0.15) is 23.6 Å². The minimum absolute atomic E-state index is 0.0215. The lowest BCUT2D eigenvalue weighted by atomic mass is 10.0. The first-order chi connectivity index (χ1) is 12.7. The van der Waals surface area contributed by atoms with E-state index < -0.39 is 5.54 Å². The minimum atomic E-state index is -0.533. The van der Waals surface area contributed by atoms with Crippen LogP contribution in [0.15, 0.2) is 48.5 Å². The van der Waals surface area contributed by atoms with Gasteiger partial charge in [-0.1, -0.05) is 24.3 Å². The van der Waals surface area contributed by atoms with Gasteiger partial charge in [0.05, 0.1) is 39.6 Å². The Morgan fingerprint density at radius 2 is 1.31 bits per heavy atom. The Morgan fingerprint density at radius 3 is 1.65 bits per heavy atom. The second kappa shape index (κ2) is 6.89. The molecule has 0 radical (unpaired) electrons. The van der Waals surface area contributed by atoms with Gasteiger partial charge in [0.2, 0.25) is 0 Å². The fourth-order valence-electron chi connectivity index (χ4n) is 3.66. The van der Waals surface area contributed by atoms with Gasteiger partial charge in [-0.05, 0) is 35.4 Å². The second-order valence-electron chi connectivity index (χ2n) is 6.66. The summed E-state index contributed by atoms with van der Waals surface area (Å²) < 4.78 is 22.7. The molecule has 0 aromatic heterocycles. The van der Waals surface area contributed by atoms with E-state index in [1.54, 1.807) is 14.2 Å². The molecule has 3 atom stereocenters. The maximum atomic E-state index is 10.1. The Labute approximate surface area is 152 Å². The number of hydrogen-bond acceptors (Lipinski definition) is 6. The molecule has 6 heteroatoms. The lowest BCUT2D eigenvalue weighted by Gasteiger charge is -2.33. The summed E-state index contributed by atoms with van der Waals surface area (Å²) in [5.41, 5.74) is 1.48. The van der Waals surface area contributed by atoms with Gasteiger partial charge >= 0.3 is 0 Å². The Bertz CT molecular complexity index is 686. The van der Waals surface area contributed by atoms with Crippen LogP contribution in [-0.4, -0.2) is 49.6 Å². The molecule has 0 spiro atoms. The van der Waals surface area contributed by atoms with Gasteiger partial charge in [0.15, 0.2) is 0 Å². The Kier molecular flexibility index (Phi) is 4.58. The number of hydrogen-bond donors (Lipinski definition) is 1. The fraction of sp³-hybridized carbons (Fsp3) is 0.400. The molecule has 2 aliphatic rings. The lowest BCUT2D eigenvalue weighted by Crippen LogP contribution is -2.47. The molecule has 0 saturated carbocycles. The van der Waals surface area contributed by atoms with Crippen molar-refractivity contribution in [2.45, 2.75) is 18.0 Å². The molecule has 1 unspecified atom stereocenters. The maximum absolute atomic E-state index is 10.1. The predicted molar refractivity (Wildman–Crippen MR) is 95.0 cm³/mol. The van der Waals surface area contributed by atoms with E-state index in [2.05, 4.69) is 4.90 Å². The summed E-state index contributed by atoms with van der Waals surface area (Å²) in [6.07, 6.45) is -0.578. The third-order valence-electron chi connectivity index (χ3n) is 5.17. The molecule has 4 rings (SSSR count). The second-order valence-corrected chi connectivity index (χ2v) is 6.66. The van der Waals surface area contributed by atoms with E-state index in [9.17, 15) is 5.11 Å². The third-order valence-corrected chi connectivity index (χ3v) is 5.17. The summed E-state index contributed by atoms with van der Waals surface area (Å²) in [7, 11) is 3.29. The summed E-state index contributed by atoms with van der Waals surface area (Å²) in [5.74, 6) is 1.59. The molecule has 2 aromatic rings. The average molecular weight is 357 g/mol. The van der Waals surface area contributed by atoms with Crippen LogP contribution in [0.25, 0.3) is 0 Å². The summed E-state index contributed by atoms with van der Waals surface area (Å²) in [6, 6.07) is 15.6. The molecular weight excluding hydrogens is 334 g/mol. The largest absolute Gasteiger partial charge is 0.497 e. The van der Waals surface area contributed by atoms with Crippen LogP contribution in [-0.2, 0) is 9.47 Å². The van der Waals surface area contributed by atoms with Gasteiger partial charge in [-0.15, -0.1) is 0 Å². The van der Waals surface area contributed by atoms with E-state index in [1.807, 2.05) is 48.5 Å². The number of aliphatic hydroxyl groups excluding tert-OH is 1. The molecule has 0 bridgehead atoms. The molecule has 1 N–H and O–H groups in total. The third kappa shape index (κ3) is 2.75. The number of fused-ring (bicyclic) bond motifs is 1. The normalized spacial score (nSPS) is 28.1. The molecule has 2 saturated heterocycles. The number of rotatable bonds is 5. The predicted octanol–water partition coefficient (Wildman–Crippen LogP) is 2.49. The quantitative estimate of drug-likeness (QED) is 0.887. The lowest BCUT2D eigenvalue weighted by molar-refractivity contribution is -0.0630. The molecule has 6 nitrogen and oxygen atoms in total. The Hall–Kier alpha value is -2.12. The number of ether oxygens (including phenoxy) is 4. The van der Waals surface area contributed by atoms with Crippen LogP contribution in [0.2, 0.25) is 0 Å². The monoisotopic (exact) mass is 357 g/mol. The van der Waals surface area contributed by atoms with Crippen LogP contribution in [0.5, 0.6) is 11.5 Å². The van der Waals surface area contributed by atoms with Crippen molar-refractivity contribution in [3.05, 3.63) is 59.7 Å². The summed E-state index contributed by atoms with van der Waals surface area (Å²) in [5, 5.41) is 10.1. The molecular formula is C20H23NO5. The minimum Gasteiger partial charge on any atom is -0.497 e. The first-order valence-electron chi connectivity index (χ1n) is 8.61. The SMILES string of the molecule is COc1ccc(C2OC[C@]3(CO)CO[C@@H](c4ccc(OC)cc4)N23)cc1. The van der Waals surface area contributed by atoms with Gasteiger partial charge in [-0.2, -0.15) is 0 Å². The maximum Gasteiger partial charge on any atom is 0.139 e. The number of aliphatic hydroxyl groups is 1. The summed E-state index contributed by atoms with van der Waals surface area (Å²) in [4.78, 5) is 2.14. The van der Waals surface area contributed by atoms with Crippen molar-refractivity contribution in [1.29, 1.82) is 0 Å². The molecule has 2 aromatic carbocycles. The highest BCUT2D eigenvalue weighted by molar-refractivity contribution is 5.32. The molecule has 26 heavy (non-hydrogen) atoms. The molecule has 0 amide bonds.